The molecule has 8 nitrogen and oxygen atoms in total. The van der Waals surface area contributed by atoms with Crippen molar-refractivity contribution in [2.75, 3.05) is 53.2 Å². The summed E-state index contributed by atoms with van der Waals surface area (Å²) < 4.78 is 28.6. The molecule has 2 heterocycles. The van der Waals surface area contributed by atoms with Gasteiger partial charge in [0.15, 0.2) is 0 Å². The highest BCUT2D eigenvalue weighted by Gasteiger charge is 2.26. The number of likely N-dealkylation sites (tertiary alicyclic amines) is 1. The maximum atomic E-state index is 13.0. The number of amides is 2. The van der Waals surface area contributed by atoms with Crippen molar-refractivity contribution < 1.29 is 28.2 Å². The van der Waals surface area contributed by atoms with Gasteiger partial charge in [-0.05, 0) is 30.5 Å². The zero-order valence-electron chi connectivity index (χ0n) is 18.8. The Morgan fingerprint density at radius 3 is 2.55 bits per heavy atom. The van der Waals surface area contributed by atoms with E-state index in [4.69, 9.17) is 14.2 Å². The van der Waals surface area contributed by atoms with Crippen molar-refractivity contribution in [3.8, 4) is 0 Å². The number of methoxy groups -OCH3 is 1. The first-order valence-corrected chi connectivity index (χ1v) is 11.8. The molecule has 0 spiro atoms. The van der Waals surface area contributed by atoms with E-state index < -0.39 is 0 Å². The number of nitrogens with zero attached hydrogens (tertiary/aromatic N) is 2. The van der Waals surface area contributed by atoms with Crippen molar-refractivity contribution in [3.05, 3.63) is 51.7 Å². The first-order valence-electron chi connectivity index (χ1n) is 11.0. The number of benzene rings is 1. The first kappa shape index (κ1) is 25.2. The van der Waals surface area contributed by atoms with E-state index in [0.717, 1.165) is 23.4 Å². The molecule has 0 aliphatic carbocycles. The lowest BCUT2D eigenvalue weighted by molar-refractivity contribution is -0.137. The molecule has 1 N–H and O–H groups in total. The number of carbonyl (C=O) groups excluding carboxylic acids is 2. The molecule has 2 aromatic rings. The quantitative estimate of drug-likeness (QED) is 0.471. The van der Waals surface area contributed by atoms with Crippen LogP contribution in [0.2, 0.25) is 0 Å². The third kappa shape index (κ3) is 8.15. The fourth-order valence-corrected chi connectivity index (χ4v) is 4.41. The Bertz CT molecular complexity index is 884. The Labute approximate surface area is 197 Å². The van der Waals surface area contributed by atoms with Gasteiger partial charge in [-0.2, -0.15) is 0 Å². The topological polar surface area (TPSA) is 90.0 Å². The third-order valence-electron chi connectivity index (χ3n) is 5.35. The summed E-state index contributed by atoms with van der Waals surface area (Å²) >= 11 is 1.47. The van der Waals surface area contributed by atoms with Crippen LogP contribution in [0.5, 0.6) is 0 Å². The molecule has 10 heteroatoms. The standard InChI is InChI=1S/C23H30FN3O5S/c1-30-10-11-31-12-13-32-15-21(28)27-8-6-18(7-9-27)23-26-20(16-33-23)22(29)25-14-17-2-4-19(24)5-3-17/h2-5,16,18H,6-15H2,1H3,(H,25,29). The molecule has 0 bridgehead atoms. The van der Waals surface area contributed by atoms with Gasteiger partial charge < -0.3 is 24.4 Å². The highest BCUT2D eigenvalue weighted by Crippen LogP contribution is 2.30. The number of carbonyl (C=O) groups is 2. The van der Waals surface area contributed by atoms with Crippen molar-refractivity contribution in [2.45, 2.75) is 25.3 Å². The highest BCUT2D eigenvalue weighted by molar-refractivity contribution is 7.09. The second-order valence-electron chi connectivity index (χ2n) is 7.69. The minimum Gasteiger partial charge on any atom is -0.382 e. The predicted octanol–water partition coefficient (Wildman–Crippen LogP) is 2.60. The Morgan fingerprint density at radius 2 is 1.82 bits per heavy atom. The van der Waals surface area contributed by atoms with Gasteiger partial charge >= 0.3 is 0 Å². The van der Waals surface area contributed by atoms with Crippen LogP contribution in [0.4, 0.5) is 4.39 Å². The summed E-state index contributed by atoms with van der Waals surface area (Å²) in [6.45, 7) is 3.50. The lowest BCUT2D eigenvalue weighted by Gasteiger charge is -2.31. The molecule has 1 aliphatic heterocycles. The van der Waals surface area contributed by atoms with Crippen LogP contribution < -0.4 is 5.32 Å². The lowest BCUT2D eigenvalue weighted by Crippen LogP contribution is -2.40. The molecule has 3 rings (SSSR count). The van der Waals surface area contributed by atoms with E-state index in [1.54, 1.807) is 24.6 Å². The number of hydrogen-bond acceptors (Lipinski definition) is 7. The largest absolute Gasteiger partial charge is 0.382 e. The van der Waals surface area contributed by atoms with Crippen molar-refractivity contribution in [3.63, 3.8) is 0 Å². The van der Waals surface area contributed by atoms with Crippen molar-refractivity contribution in [1.82, 2.24) is 15.2 Å². The zero-order chi connectivity index (χ0) is 23.5. The van der Waals surface area contributed by atoms with Crippen molar-refractivity contribution in [1.29, 1.82) is 0 Å². The number of ether oxygens (including phenoxy) is 3. The number of halogens is 1. The van der Waals surface area contributed by atoms with Crippen molar-refractivity contribution in [2.24, 2.45) is 0 Å². The van der Waals surface area contributed by atoms with E-state index in [1.807, 2.05) is 4.90 Å². The van der Waals surface area contributed by atoms with Gasteiger partial charge in [-0.1, -0.05) is 12.1 Å². The van der Waals surface area contributed by atoms with Crippen LogP contribution in [0.15, 0.2) is 29.6 Å². The molecule has 1 aromatic carbocycles. The predicted molar refractivity (Wildman–Crippen MR) is 122 cm³/mol. The molecule has 0 radical (unpaired) electrons. The van der Waals surface area contributed by atoms with Gasteiger partial charge in [-0.15, -0.1) is 11.3 Å². The summed E-state index contributed by atoms with van der Waals surface area (Å²) in [7, 11) is 1.62. The minimum absolute atomic E-state index is 0.0228. The van der Waals surface area contributed by atoms with Crippen LogP contribution in [0.3, 0.4) is 0 Å². The summed E-state index contributed by atoms with van der Waals surface area (Å²) in [5.41, 5.74) is 1.21. The van der Waals surface area contributed by atoms with Crippen LogP contribution in [-0.4, -0.2) is 74.9 Å². The van der Waals surface area contributed by atoms with E-state index in [0.29, 0.717) is 51.8 Å². The molecule has 33 heavy (non-hydrogen) atoms. The summed E-state index contributed by atoms with van der Waals surface area (Å²) in [6.07, 6.45) is 1.60. The van der Waals surface area contributed by atoms with Crippen LogP contribution >= 0.6 is 11.3 Å². The van der Waals surface area contributed by atoms with Gasteiger partial charge in [0.25, 0.3) is 5.91 Å². The SMILES string of the molecule is COCCOCCOCC(=O)N1CCC(c2nc(C(=O)NCc3ccc(F)cc3)cs2)CC1. The Balaban J connectivity index is 1.36. The molecular weight excluding hydrogens is 449 g/mol. The molecule has 0 saturated carbocycles. The van der Waals surface area contributed by atoms with Crippen LogP contribution in [-0.2, 0) is 25.5 Å². The molecular formula is C23H30FN3O5S. The van der Waals surface area contributed by atoms with Gasteiger partial charge in [-0.3, -0.25) is 9.59 Å². The number of aromatic nitrogens is 1. The Hall–Kier alpha value is -2.40. The number of rotatable bonds is 12. The van der Waals surface area contributed by atoms with E-state index in [9.17, 15) is 14.0 Å². The maximum Gasteiger partial charge on any atom is 0.271 e. The highest BCUT2D eigenvalue weighted by atomic mass is 32.1. The molecule has 1 saturated heterocycles. The average molecular weight is 480 g/mol. The first-order chi connectivity index (χ1) is 16.1. The molecule has 1 aromatic heterocycles. The molecule has 1 aliphatic rings. The van der Waals surface area contributed by atoms with Crippen molar-refractivity contribution >= 4 is 23.2 Å². The average Bonchev–Trinajstić information content (AvgIpc) is 3.33. The second-order valence-corrected chi connectivity index (χ2v) is 8.58. The number of piperidine rings is 1. The molecule has 2 amide bonds. The molecule has 1 fully saturated rings. The second kappa shape index (κ2) is 13.3. The summed E-state index contributed by atoms with van der Waals surface area (Å²) in [4.78, 5) is 31.1. The number of hydrogen-bond donors (Lipinski definition) is 1. The van der Waals surface area contributed by atoms with Gasteiger partial charge in [0.05, 0.1) is 31.4 Å². The number of thiazole rings is 1. The summed E-state index contributed by atoms with van der Waals surface area (Å²) in [5, 5.41) is 5.49. The van der Waals surface area contributed by atoms with Gasteiger partial charge in [-0.25, -0.2) is 9.37 Å². The lowest BCUT2D eigenvalue weighted by atomic mass is 9.97. The van der Waals surface area contributed by atoms with E-state index >= 15 is 0 Å². The van der Waals surface area contributed by atoms with Gasteiger partial charge in [0, 0.05) is 38.0 Å². The molecule has 180 valence electrons. The normalized spacial score (nSPS) is 14.4. The van der Waals surface area contributed by atoms with Crippen LogP contribution in [0, 0.1) is 5.82 Å². The van der Waals surface area contributed by atoms with Crippen LogP contribution in [0.1, 0.15) is 39.8 Å². The van der Waals surface area contributed by atoms with E-state index in [1.165, 1.54) is 23.5 Å². The third-order valence-corrected chi connectivity index (χ3v) is 6.35. The molecule has 0 atom stereocenters. The van der Waals surface area contributed by atoms with Crippen LogP contribution in [0.25, 0.3) is 0 Å². The Kier molecular flexibility index (Phi) is 10.2. The zero-order valence-corrected chi connectivity index (χ0v) is 19.6. The summed E-state index contributed by atoms with van der Waals surface area (Å²) in [5.74, 6) is -0.353. The van der Waals surface area contributed by atoms with Gasteiger partial charge in [0.1, 0.15) is 18.1 Å². The van der Waals surface area contributed by atoms with E-state index in [-0.39, 0.29) is 30.2 Å². The molecule has 0 unspecified atom stereocenters. The monoisotopic (exact) mass is 479 g/mol. The Morgan fingerprint density at radius 1 is 1.12 bits per heavy atom. The fourth-order valence-electron chi connectivity index (χ4n) is 3.44. The minimum atomic E-state index is -0.308. The fraction of sp³-hybridized carbons (Fsp3) is 0.522. The van der Waals surface area contributed by atoms with E-state index in [2.05, 4.69) is 10.3 Å². The van der Waals surface area contributed by atoms with Gasteiger partial charge in [0.2, 0.25) is 5.91 Å². The maximum absolute atomic E-state index is 13.0. The number of nitrogens with one attached hydrogen (secondary N) is 1. The smallest absolute Gasteiger partial charge is 0.271 e. The summed E-state index contributed by atoms with van der Waals surface area (Å²) in [6, 6.07) is 6.01.